The number of amides is 1. The summed E-state index contributed by atoms with van der Waals surface area (Å²) in [7, 11) is 0. The van der Waals surface area contributed by atoms with Crippen LogP contribution in [0.5, 0.6) is 5.75 Å². The Morgan fingerprint density at radius 2 is 1.52 bits per heavy atom. The molecule has 1 saturated heterocycles. The largest absolute Gasteiger partial charge is 0.507 e. The highest BCUT2D eigenvalue weighted by molar-refractivity contribution is 5.92. The maximum atomic E-state index is 12.7. The number of phenols is 1. The Balaban J connectivity index is 2.45. The summed E-state index contributed by atoms with van der Waals surface area (Å²) in [5, 5.41) is 12.4. The van der Waals surface area contributed by atoms with Crippen molar-refractivity contribution >= 4 is 29.8 Å². The van der Waals surface area contributed by atoms with Crippen LogP contribution in [0.1, 0.15) is 38.1 Å². The second-order valence-electron chi connectivity index (χ2n) is 7.14. The Labute approximate surface area is 189 Å². The molecule has 12 heteroatoms. The number of carbonyl (C=O) groups is 5. The second-order valence-corrected chi connectivity index (χ2v) is 7.14. The molecule has 1 aromatic rings. The second kappa shape index (κ2) is 11.3. The molecule has 1 amide bonds. The topological polar surface area (TPSA) is 164 Å². The third kappa shape index (κ3) is 7.17. The average Bonchev–Trinajstić information content (AvgIpc) is 2.70. The third-order valence-electron chi connectivity index (χ3n) is 4.42. The summed E-state index contributed by atoms with van der Waals surface area (Å²) < 4.78 is 26.6. The van der Waals surface area contributed by atoms with Crippen molar-refractivity contribution in [3.63, 3.8) is 0 Å². The minimum Gasteiger partial charge on any atom is -0.507 e. The molecule has 1 aliphatic rings. The van der Waals surface area contributed by atoms with Gasteiger partial charge in [0.15, 0.2) is 12.2 Å². The van der Waals surface area contributed by atoms with Crippen LogP contribution in [0.25, 0.3) is 0 Å². The fraction of sp³-hybridized carbons (Fsp3) is 0.476. The van der Waals surface area contributed by atoms with E-state index in [0.717, 1.165) is 20.8 Å². The van der Waals surface area contributed by atoms with E-state index in [1.807, 2.05) is 0 Å². The number of hydrogen-bond acceptors (Lipinski definition) is 11. The number of para-hydroxylation sites is 1. The molecular weight excluding hydrogens is 442 g/mol. The molecule has 2 N–H and O–H groups in total. The van der Waals surface area contributed by atoms with Gasteiger partial charge in [-0.05, 0) is 12.1 Å². The molecule has 1 heterocycles. The number of hydrogen-bond donors (Lipinski definition) is 2. The molecule has 1 aliphatic heterocycles. The zero-order valence-corrected chi connectivity index (χ0v) is 18.4. The molecule has 2 rings (SSSR count). The molecule has 0 aliphatic carbocycles. The number of aromatic hydroxyl groups is 1. The Morgan fingerprint density at radius 3 is 2.06 bits per heavy atom. The van der Waals surface area contributed by atoms with E-state index in [0.29, 0.717) is 0 Å². The summed E-state index contributed by atoms with van der Waals surface area (Å²) in [6, 6.07) is 4.25. The smallest absolute Gasteiger partial charge is 0.344 e. The number of esters is 4. The van der Waals surface area contributed by atoms with Gasteiger partial charge in [-0.3, -0.25) is 19.2 Å². The summed E-state index contributed by atoms with van der Waals surface area (Å²) in [5.74, 6) is -4.18. The number of nitrogens with one attached hydrogen (secondary N) is 1. The number of phenolic OH excluding ortho intramolecular Hbond substituents is 1. The van der Waals surface area contributed by atoms with Crippen LogP contribution in [-0.4, -0.2) is 72.1 Å². The van der Waals surface area contributed by atoms with Crippen molar-refractivity contribution in [3.05, 3.63) is 29.8 Å². The first-order valence-corrected chi connectivity index (χ1v) is 9.89. The molecule has 1 fully saturated rings. The highest BCUT2D eigenvalue weighted by Gasteiger charge is 2.52. The first-order valence-electron chi connectivity index (χ1n) is 9.89. The lowest BCUT2D eigenvalue weighted by Crippen LogP contribution is -2.66. The molecule has 33 heavy (non-hydrogen) atoms. The molecule has 0 bridgehead atoms. The van der Waals surface area contributed by atoms with Crippen molar-refractivity contribution in [2.24, 2.45) is 0 Å². The fourth-order valence-corrected chi connectivity index (χ4v) is 3.21. The lowest BCUT2D eigenvalue weighted by atomic mass is 9.96. The zero-order valence-electron chi connectivity index (χ0n) is 18.4. The number of ether oxygens (including phenoxy) is 5. The monoisotopic (exact) mass is 467 g/mol. The van der Waals surface area contributed by atoms with E-state index in [1.54, 1.807) is 0 Å². The molecule has 0 spiro atoms. The molecular formula is C21H25NO11. The molecule has 12 nitrogen and oxygen atoms in total. The first-order chi connectivity index (χ1) is 15.5. The van der Waals surface area contributed by atoms with E-state index in [-0.39, 0.29) is 11.3 Å². The first kappa shape index (κ1) is 25.6. The van der Waals surface area contributed by atoms with Gasteiger partial charge >= 0.3 is 23.9 Å². The van der Waals surface area contributed by atoms with E-state index in [1.165, 1.54) is 31.2 Å². The molecule has 0 unspecified atom stereocenters. The van der Waals surface area contributed by atoms with Crippen molar-refractivity contribution in [1.82, 2.24) is 5.32 Å². The number of rotatable bonds is 7. The van der Waals surface area contributed by atoms with Gasteiger partial charge < -0.3 is 34.1 Å². The lowest BCUT2D eigenvalue weighted by molar-refractivity contribution is -0.263. The van der Waals surface area contributed by atoms with Crippen molar-refractivity contribution in [1.29, 1.82) is 0 Å². The van der Waals surface area contributed by atoms with Gasteiger partial charge in [-0.25, -0.2) is 4.79 Å². The number of benzene rings is 1. The maximum Gasteiger partial charge on any atom is 0.344 e. The maximum absolute atomic E-state index is 12.7. The minimum atomic E-state index is -1.57. The van der Waals surface area contributed by atoms with Crippen molar-refractivity contribution < 1.29 is 52.8 Å². The molecule has 0 saturated carbocycles. The van der Waals surface area contributed by atoms with Gasteiger partial charge in [-0.1, -0.05) is 12.1 Å². The third-order valence-corrected chi connectivity index (χ3v) is 4.42. The molecule has 1 aromatic carbocycles. The van der Waals surface area contributed by atoms with Crippen LogP contribution < -0.4 is 5.32 Å². The Kier molecular flexibility index (Phi) is 8.74. The van der Waals surface area contributed by atoms with Gasteiger partial charge in [-0.15, -0.1) is 0 Å². The molecule has 180 valence electrons. The van der Waals surface area contributed by atoms with Crippen LogP contribution in [0, 0.1) is 0 Å². The average molecular weight is 467 g/mol. The van der Waals surface area contributed by atoms with E-state index < -0.39 is 67.0 Å². The lowest BCUT2D eigenvalue weighted by Gasteiger charge is -2.44. The van der Waals surface area contributed by atoms with E-state index >= 15 is 0 Å². The van der Waals surface area contributed by atoms with Crippen LogP contribution in [0.15, 0.2) is 24.3 Å². The Hall–Kier alpha value is -3.67. The standard InChI is InChI=1S/C21H25NO11/c1-10(23)22-17-19(31-13(4)26)18(30-12(3)25)16(9-29-11(2)24)32-21(17)33-20(28)14-7-5-6-8-15(14)27/h5-8,16-19,21,27H,9H2,1-4H3,(H,22,23)/t16-,17-,18+,19+,21-/m0/s1. The van der Waals surface area contributed by atoms with Crippen LogP contribution >= 0.6 is 0 Å². The Morgan fingerprint density at radius 1 is 0.909 bits per heavy atom. The van der Waals surface area contributed by atoms with Gasteiger partial charge in [0.2, 0.25) is 12.2 Å². The zero-order chi connectivity index (χ0) is 24.7. The van der Waals surface area contributed by atoms with Crippen LogP contribution in [0.4, 0.5) is 0 Å². The van der Waals surface area contributed by atoms with Crippen LogP contribution in [0.2, 0.25) is 0 Å². The summed E-state index contributed by atoms with van der Waals surface area (Å²) in [6.07, 6.45) is -5.48. The molecule has 0 radical (unpaired) electrons. The predicted molar refractivity (Wildman–Crippen MR) is 108 cm³/mol. The SMILES string of the molecule is CC(=O)N[C@@H]1[C@H](OC(=O)c2ccccc2O)O[C@@H](COC(C)=O)[C@@H](OC(C)=O)[C@@H]1OC(C)=O. The van der Waals surface area contributed by atoms with Gasteiger partial charge in [0.05, 0.1) is 0 Å². The molecule has 0 aromatic heterocycles. The van der Waals surface area contributed by atoms with Crippen molar-refractivity contribution in [2.45, 2.75) is 58.3 Å². The van der Waals surface area contributed by atoms with Crippen LogP contribution in [0.3, 0.4) is 0 Å². The van der Waals surface area contributed by atoms with Crippen molar-refractivity contribution in [3.8, 4) is 5.75 Å². The summed E-state index contributed by atoms with van der Waals surface area (Å²) >= 11 is 0. The van der Waals surface area contributed by atoms with Crippen molar-refractivity contribution in [2.75, 3.05) is 6.61 Å². The quantitative estimate of drug-likeness (QED) is 0.416. The summed E-state index contributed by atoms with van der Waals surface area (Å²) in [5.41, 5.74) is -0.189. The highest BCUT2D eigenvalue weighted by Crippen LogP contribution is 2.29. The van der Waals surface area contributed by atoms with E-state index in [2.05, 4.69) is 5.32 Å². The van der Waals surface area contributed by atoms with E-state index in [9.17, 15) is 29.1 Å². The Bertz CT molecular complexity index is 915. The van der Waals surface area contributed by atoms with Gasteiger partial charge in [0, 0.05) is 27.7 Å². The normalized spacial score (nSPS) is 24.2. The summed E-state index contributed by atoms with van der Waals surface area (Å²) in [6.45, 7) is 4.06. The molecule has 5 atom stereocenters. The highest BCUT2D eigenvalue weighted by atomic mass is 16.7. The van der Waals surface area contributed by atoms with Gasteiger partial charge in [0.25, 0.3) is 0 Å². The van der Waals surface area contributed by atoms with Gasteiger partial charge in [-0.2, -0.15) is 0 Å². The predicted octanol–water partition coefficient (Wildman–Crippen LogP) is 0.205. The van der Waals surface area contributed by atoms with E-state index in [4.69, 9.17) is 23.7 Å². The minimum absolute atomic E-state index is 0.189. The van der Waals surface area contributed by atoms with Crippen LogP contribution in [-0.2, 0) is 42.9 Å². The fourth-order valence-electron chi connectivity index (χ4n) is 3.21. The summed E-state index contributed by atoms with van der Waals surface area (Å²) in [4.78, 5) is 59.4. The number of carbonyl (C=O) groups excluding carboxylic acids is 5. The van der Waals surface area contributed by atoms with Gasteiger partial charge in [0.1, 0.15) is 30.1 Å².